The zero-order valence-electron chi connectivity index (χ0n) is 14.9. The third-order valence-corrected chi connectivity index (χ3v) is 6.20. The quantitative estimate of drug-likeness (QED) is 0.699. The number of anilines is 2. The second kappa shape index (κ2) is 7.05. The van der Waals surface area contributed by atoms with Crippen LogP contribution < -0.4 is 9.80 Å². The monoisotopic (exact) mass is 431 g/mol. The first kappa shape index (κ1) is 18.1. The highest BCUT2D eigenvalue weighted by Gasteiger charge is 2.38. The second-order valence-electron chi connectivity index (χ2n) is 6.85. The van der Waals surface area contributed by atoms with Crippen molar-refractivity contribution in [2.24, 2.45) is 0 Å². The first-order valence-electron chi connectivity index (χ1n) is 8.84. The Morgan fingerprint density at radius 1 is 1.00 bits per heavy atom. The standard InChI is InChI=1S/C20H19BrFN3O2/c1-13-6-7-16-17(18(13)21)19(26)20(27)25(16)12-23-8-10-24(11-9-23)15-5-3-2-4-14(15)22/h2-7H,8-12H2,1H3. The summed E-state index contributed by atoms with van der Waals surface area (Å²) in [5, 5.41) is 0. The van der Waals surface area contributed by atoms with E-state index in [0.717, 1.165) is 5.56 Å². The van der Waals surface area contributed by atoms with E-state index in [0.29, 0.717) is 54.3 Å². The molecule has 140 valence electrons. The molecule has 1 amide bonds. The lowest BCUT2D eigenvalue weighted by atomic mass is 10.1. The van der Waals surface area contributed by atoms with Crippen LogP contribution in [0.25, 0.3) is 0 Å². The van der Waals surface area contributed by atoms with Gasteiger partial charge in [0.15, 0.2) is 0 Å². The molecule has 2 aliphatic heterocycles. The maximum Gasteiger partial charge on any atom is 0.300 e. The number of hydrogen-bond donors (Lipinski definition) is 0. The average molecular weight is 432 g/mol. The number of rotatable bonds is 3. The van der Waals surface area contributed by atoms with Crippen molar-refractivity contribution in [1.29, 1.82) is 0 Å². The molecule has 2 aromatic carbocycles. The van der Waals surface area contributed by atoms with Gasteiger partial charge in [0.1, 0.15) is 5.82 Å². The molecule has 0 bridgehead atoms. The average Bonchev–Trinajstić information content (AvgIpc) is 2.91. The highest BCUT2D eigenvalue weighted by atomic mass is 79.9. The molecule has 0 saturated carbocycles. The predicted molar refractivity (Wildman–Crippen MR) is 106 cm³/mol. The van der Waals surface area contributed by atoms with E-state index in [9.17, 15) is 14.0 Å². The molecule has 0 aliphatic carbocycles. The van der Waals surface area contributed by atoms with Gasteiger partial charge in [0, 0.05) is 30.7 Å². The Kier molecular flexibility index (Phi) is 4.74. The van der Waals surface area contributed by atoms with Crippen molar-refractivity contribution in [2.45, 2.75) is 6.92 Å². The van der Waals surface area contributed by atoms with Crippen LogP contribution in [0.1, 0.15) is 15.9 Å². The van der Waals surface area contributed by atoms with E-state index in [1.165, 1.54) is 6.07 Å². The third kappa shape index (κ3) is 3.15. The van der Waals surface area contributed by atoms with Gasteiger partial charge in [-0.05, 0) is 46.6 Å². The Labute approximate surface area is 165 Å². The Balaban J connectivity index is 1.47. The molecule has 0 unspecified atom stereocenters. The minimum Gasteiger partial charge on any atom is -0.367 e. The molecule has 2 aromatic rings. The van der Waals surface area contributed by atoms with E-state index in [2.05, 4.69) is 20.8 Å². The minimum absolute atomic E-state index is 0.222. The Morgan fingerprint density at radius 3 is 2.41 bits per heavy atom. The van der Waals surface area contributed by atoms with Crippen LogP contribution in [0.15, 0.2) is 40.9 Å². The molecule has 0 atom stereocenters. The number of amides is 1. The van der Waals surface area contributed by atoms with Gasteiger partial charge in [0.25, 0.3) is 5.78 Å². The Morgan fingerprint density at radius 2 is 1.70 bits per heavy atom. The molecule has 1 fully saturated rings. The summed E-state index contributed by atoms with van der Waals surface area (Å²) in [6.45, 7) is 4.97. The highest BCUT2D eigenvalue weighted by Crippen LogP contribution is 2.36. The van der Waals surface area contributed by atoms with Crippen LogP contribution >= 0.6 is 15.9 Å². The van der Waals surface area contributed by atoms with E-state index in [4.69, 9.17) is 0 Å². The van der Waals surface area contributed by atoms with Gasteiger partial charge < -0.3 is 4.90 Å². The molecule has 2 heterocycles. The van der Waals surface area contributed by atoms with Crippen LogP contribution in [0.4, 0.5) is 15.8 Å². The normalized spacial score (nSPS) is 17.6. The molecule has 7 heteroatoms. The maximum atomic E-state index is 14.0. The summed E-state index contributed by atoms with van der Waals surface area (Å²) in [7, 11) is 0. The van der Waals surface area contributed by atoms with Gasteiger partial charge in [-0.3, -0.25) is 19.4 Å². The van der Waals surface area contributed by atoms with Gasteiger partial charge in [-0.1, -0.05) is 18.2 Å². The molecular formula is C20H19BrFN3O2. The maximum absolute atomic E-state index is 14.0. The van der Waals surface area contributed by atoms with Gasteiger partial charge in [-0.2, -0.15) is 0 Å². The highest BCUT2D eigenvalue weighted by molar-refractivity contribution is 9.10. The Hall–Kier alpha value is -2.25. The number of hydrogen-bond acceptors (Lipinski definition) is 4. The van der Waals surface area contributed by atoms with E-state index in [1.54, 1.807) is 17.0 Å². The van der Waals surface area contributed by atoms with Crippen LogP contribution in [0.3, 0.4) is 0 Å². The summed E-state index contributed by atoms with van der Waals surface area (Å²) in [5.41, 5.74) is 2.63. The fourth-order valence-electron chi connectivity index (χ4n) is 3.63. The van der Waals surface area contributed by atoms with Gasteiger partial charge in [0.05, 0.1) is 23.6 Å². The first-order chi connectivity index (χ1) is 13.0. The summed E-state index contributed by atoms with van der Waals surface area (Å²) in [6.07, 6.45) is 0. The summed E-state index contributed by atoms with van der Waals surface area (Å²) >= 11 is 3.44. The van der Waals surface area contributed by atoms with Crippen molar-refractivity contribution < 1.29 is 14.0 Å². The molecule has 5 nitrogen and oxygen atoms in total. The van der Waals surface area contributed by atoms with Crippen molar-refractivity contribution in [3.05, 3.63) is 57.8 Å². The van der Waals surface area contributed by atoms with Crippen molar-refractivity contribution >= 4 is 39.0 Å². The van der Waals surface area contributed by atoms with Crippen LogP contribution in [-0.4, -0.2) is 49.4 Å². The van der Waals surface area contributed by atoms with E-state index in [-0.39, 0.29) is 5.82 Å². The molecule has 0 radical (unpaired) electrons. The number of carbonyl (C=O) groups excluding carboxylic acids is 2. The third-order valence-electron chi connectivity index (χ3n) is 5.18. The molecule has 0 aromatic heterocycles. The first-order valence-corrected chi connectivity index (χ1v) is 9.64. The summed E-state index contributed by atoms with van der Waals surface area (Å²) in [4.78, 5) is 30.6. The van der Waals surface area contributed by atoms with Crippen LogP contribution in [0.5, 0.6) is 0 Å². The zero-order chi connectivity index (χ0) is 19.1. The minimum atomic E-state index is -0.493. The van der Waals surface area contributed by atoms with Gasteiger partial charge in [0.2, 0.25) is 0 Å². The second-order valence-corrected chi connectivity index (χ2v) is 7.64. The molecular weight excluding hydrogens is 413 g/mol. The molecule has 2 aliphatic rings. The number of nitrogens with zero attached hydrogens (tertiary/aromatic N) is 3. The van der Waals surface area contributed by atoms with E-state index >= 15 is 0 Å². The summed E-state index contributed by atoms with van der Waals surface area (Å²) < 4.78 is 14.7. The number of fused-ring (bicyclic) bond motifs is 1. The number of ketones is 1. The smallest absolute Gasteiger partial charge is 0.300 e. The van der Waals surface area contributed by atoms with Crippen LogP contribution in [0, 0.1) is 12.7 Å². The number of piperazine rings is 1. The lowest BCUT2D eigenvalue weighted by Gasteiger charge is -2.37. The number of carbonyl (C=O) groups is 2. The summed E-state index contributed by atoms with van der Waals surface area (Å²) in [5.74, 6) is -1.18. The fraction of sp³-hybridized carbons (Fsp3) is 0.300. The molecule has 27 heavy (non-hydrogen) atoms. The number of benzene rings is 2. The van der Waals surface area contributed by atoms with E-state index < -0.39 is 11.7 Å². The number of halogens is 2. The van der Waals surface area contributed by atoms with Gasteiger partial charge in [-0.15, -0.1) is 0 Å². The molecule has 1 saturated heterocycles. The van der Waals surface area contributed by atoms with Crippen molar-refractivity contribution in [3.8, 4) is 0 Å². The molecule has 0 N–H and O–H groups in total. The van der Waals surface area contributed by atoms with Crippen LogP contribution in [0.2, 0.25) is 0 Å². The topological polar surface area (TPSA) is 43.9 Å². The van der Waals surface area contributed by atoms with Gasteiger partial charge >= 0.3 is 5.91 Å². The van der Waals surface area contributed by atoms with E-state index in [1.807, 2.05) is 30.0 Å². The van der Waals surface area contributed by atoms with Gasteiger partial charge in [-0.25, -0.2) is 4.39 Å². The van der Waals surface area contributed by atoms with Crippen molar-refractivity contribution in [2.75, 3.05) is 42.6 Å². The number of Topliss-reactive ketones (excluding diaryl/α,β-unsaturated/α-hetero) is 1. The van der Waals surface area contributed by atoms with Crippen molar-refractivity contribution in [3.63, 3.8) is 0 Å². The number of para-hydroxylation sites is 1. The SMILES string of the molecule is Cc1ccc2c(c1Br)C(=O)C(=O)N2CN1CCN(c2ccccc2F)CC1. The number of aryl methyl sites for hydroxylation is 1. The van der Waals surface area contributed by atoms with Crippen molar-refractivity contribution in [1.82, 2.24) is 4.90 Å². The summed E-state index contributed by atoms with van der Waals surface area (Å²) in [6, 6.07) is 10.5. The fourth-order valence-corrected chi connectivity index (χ4v) is 4.14. The Bertz CT molecular complexity index is 925. The molecule has 0 spiro atoms. The lowest BCUT2D eigenvalue weighted by molar-refractivity contribution is -0.114. The zero-order valence-corrected chi connectivity index (χ0v) is 16.5. The molecule has 4 rings (SSSR count). The largest absolute Gasteiger partial charge is 0.367 e. The van der Waals surface area contributed by atoms with Crippen LogP contribution in [-0.2, 0) is 4.79 Å². The predicted octanol–water partition coefficient (Wildman–Crippen LogP) is 3.21. The lowest BCUT2D eigenvalue weighted by Crippen LogP contribution is -2.51.